The number of para-hydroxylation sites is 1. The van der Waals surface area contributed by atoms with Crippen molar-refractivity contribution < 1.29 is 5.11 Å². The van der Waals surface area contributed by atoms with Gasteiger partial charge >= 0.3 is 0 Å². The summed E-state index contributed by atoms with van der Waals surface area (Å²) in [6.45, 7) is 5.88. The second kappa shape index (κ2) is 7.55. The molecule has 0 atom stereocenters. The third-order valence-corrected chi connectivity index (χ3v) is 5.72. The predicted molar refractivity (Wildman–Crippen MR) is 109 cm³/mol. The van der Waals surface area contributed by atoms with E-state index in [1.165, 1.54) is 11.1 Å². The maximum absolute atomic E-state index is 10.7. The van der Waals surface area contributed by atoms with Crippen LogP contribution in [0.1, 0.15) is 23.6 Å². The van der Waals surface area contributed by atoms with Gasteiger partial charge < -0.3 is 5.11 Å². The van der Waals surface area contributed by atoms with Crippen molar-refractivity contribution in [2.24, 2.45) is 0 Å². The molecule has 138 valence electrons. The minimum absolute atomic E-state index is 0.359. The van der Waals surface area contributed by atoms with Gasteiger partial charge in [0.2, 0.25) is 0 Å². The van der Waals surface area contributed by atoms with Crippen LogP contribution in [0.15, 0.2) is 84.9 Å². The summed E-state index contributed by atoms with van der Waals surface area (Å²) in [4.78, 5) is 4.95. The lowest BCUT2D eigenvalue weighted by molar-refractivity contribution is 0.0140. The molecule has 27 heavy (non-hydrogen) atoms. The number of phenols is 1. The molecule has 1 fully saturated rings. The quantitative estimate of drug-likeness (QED) is 0.723. The summed E-state index contributed by atoms with van der Waals surface area (Å²) >= 11 is 0. The Balaban J connectivity index is 1.70. The van der Waals surface area contributed by atoms with E-state index >= 15 is 0 Å². The van der Waals surface area contributed by atoms with E-state index in [2.05, 4.69) is 83.5 Å². The fourth-order valence-corrected chi connectivity index (χ4v) is 4.17. The molecule has 3 aromatic rings. The van der Waals surface area contributed by atoms with Crippen LogP contribution in [0, 0.1) is 0 Å². The monoisotopic (exact) mass is 358 g/mol. The molecule has 1 heterocycles. The lowest BCUT2D eigenvalue weighted by atomic mass is 9.96. The Morgan fingerprint density at radius 1 is 0.704 bits per heavy atom. The van der Waals surface area contributed by atoms with Gasteiger partial charge in [-0.2, -0.15) is 0 Å². The SMILES string of the molecule is CC1(c2ccccc2O)N(Cc2ccccc2)CCN1Cc1ccccc1. The Kier molecular flexibility index (Phi) is 4.97. The maximum atomic E-state index is 10.7. The number of hydrogen-bond acceptors (Lipinski definition) is 3. The number of phenolic OH excluding ortho intramolecular Hbond substituents is 1. The molecule has 1 aliphatic rings. The number of nitrogens with zero attached hydrogens (tertiary/aromatic N) is 2. The van der Waals surface area contributed by atoms with Crippen LogP contribution in [0.25, 0.3) is 0 Å². The first-order valence-electron chi connectivity index (χ1n) is 9.54. The Hall–Kier alpha value is -2.62. The standard InChI is InChI=1S/C24H26N2O/c1-24(22-14-8-9-15-23(22)27)25(18-20-10-4-2-5-11-20)16-17-26(24)19-21-12-6-3-7-13-21/h2-15,27H,16-19H2,1H3. The van der Waals surface area contributed by atoms with Crippen LogP contribution < -0.4 is 0 Å². The van der Waals surface area contributed by atoms with E-state index in [0.29, 0.717) is 5.75 Å². The van der Waals surface area contributed by atoms with E-state index in [-0.39, 0.29) is 5.66 Å². The van der Waals surface area contributed by atoms with Crippen molar-refractivity contribution >= 4 is 0 Å². The Morgan fingerprint density at radius 2 is 1.15 bits per heavy atom. The van der Waals surface area contributed by atoms with E-state index in [0.717, 1.165) is 31.7 Å². The average molecular weight is 358 g/mol. The van der Waals surface area contributed by atoms with Gasteiger partial charge in [0, 0.05) is 31.7 Å². The summed E-state index contributed by atoms with van der Waals surface area (Å²) < 4.78 is 0. The van der Waals surface area contributed by atoms with Gasteiger partial charge in [0.25, 0.3) is 0 Å². The zero-order chi connectivity index (χ0) is 18.7. The van der Waals surface area contributed by atoms with Crippen LogP contribution in [0.4, 0.5) is 0 Å². The highest BCUT2D eigenvalue weighted by Crippen LogP contribution is 2.42. The molecule has 0 amide bonds. The number of hydrogen-bond donors (Lipinski definition) is 1. The molecule has 1 saturated heterocycles. The highest BCUT2D eigenvalue weighted by molar-refractivity contribution is 5.38. The zero-order valence-electron chi connectivity index (χ0n) is 15.8. The summed E-state index contributed by atoms with van der Waals surface area (Å²) in [5.74, 6) is 0.359. The molecule has 1 aliphatic heterocycles. The molecule has 0 aliphatic carbocycles. The largest absolute Gasteiger partial charge is 0.508 e. The summed E-state index contributed by atoms with van der Waals surface area (Å²) in [5.41, 5.74) is 3.19. The van der Waals surface area contributed by atoms with Crippen molar-refractivity contribution in [3.8, 4) is 5.75 Å². The molecule has 0 radical (unpaired) electrons. The minimum Gasteiger partial charge on any atom is -0.508 e. The second-order valence-electron chi connectivity index (χ2n) is 7.35. The van der Waals surface area contributed by atoms with Gasteiger partial charge in [-0.3, -0.25) is 9.80 Å². The first-order chi connectivity index (χ1) is 13.2. The van der Waals surface area contributed by atoms with Crippen molar-refractivity contribution in [3.05, 3.63) is 102 Å². The molecular weight excluding hydrogens is 332 g/mol. The normalized spacial score (nSPS) is 17.2. The molecule has 3 heteroatoms. The number of aromatic hydroxyl groups is 1. The summed E-state index contributed by atoms with van der Waals surface area (Å²) in [5, 5.41) is 10.7. The van der Waals surface area contributed by atoms with Crippen LogP contribution in [-0.2, 0) is 18.8 Å². The lowest BCUT2D eigenvalue weighted by Crippen LogP contribution is -2.47. The second-order valence-corrected chi connectivity index (χ2v) is 7.35. The van der Waals surface area contributed by atoms with Crippen molar-refractivity contribution in [1.29, 1.82) is 0 Å². The Bertz CT molecular complexity index is 830. The van der Waals surface area contributed by atoms with Gasteiger partial charge in [-0.15, -0.1) is 0 Å². The Labute approximate surface area is 161 Å². The fraction of sp³-hybridized carbons (Fsp3) is 0.250. The number of rotatable bonds is 5. The highest BCUT2D eigenvalue weighted by Gasteiger charge is 2.45. The van der Waals surface area contributed by atoms with E-state index in [1.54, 1.807) is 6.07 Å². The molecule has 3 aromatic carbocycles. The molecular formula is C24H26N2O. The van der Waals surface area contributed by atoms with Crippen LogP contribution in [0.2, 0.25) is 0 Å². The van der Waals surface area contributed by atoms with Gasteiger partial charge in [0.05, 0.1) is 0 Å². The molecule has 3 nitrogen and oxygen atoms in total. The fourth-order valence-electron chi connectivity index (χ4n) is 4.17. The van der Waals surface area contributed by atoms with E-state index in [1.807, 2.05) is 12.1 Å². The maximum Gasteiger partial charge on any atom is 0.121 e. The molecule has 0 saturated carbocycles. The Morgan fingerprint density at radius 3 is 1.63 bits per heavy atom. The zero-order valence-corrected chi connectivity index (χ0v) is 15.8. The van der Waals surface area contributed by atoms with Crippen molar-refractivity contribution in [1.82, 2.24) is 9.80 Å². The molecule has 0 spiro atoms. The summed E-state index contributed by atoms with van der Waals surface area (Å²) in [6.07, 6.45) is 0. The van der Waals surface area contributed by atoms with E-state index in [9.17, 15) is 5.11 Å². The first kappa shape index (κ1) is 17.8. The third-order valence-electron chi connectivity index (χ3n) is 5.72. The topological polar surface area (TPSA) is 26.7 Å². The van der Waals surface area contributed by atoms with E-state index in [4.69, 9.17) is 0 Å². The van der Waals surface area contributed by atoms with Crippen molar-refractivity contribution in [2.75, 3.05) is 13.1 Å². The summed E-state index contributed by atoms with van der Waals surface area (Å²) in [6, 6.07) is 28.9. The third kappa shape index (κ3) is 3.48. The van der Waals surface area contributed by atoms with Gasteiger partial charge in [-0.1, -0.05) is 78.9 Å². The van der Waals surface area contributed by atoms with Gasteiger partial charge in [0.15, 0.2) is 0 Å². The predicted octanol–water partition coefficient (Wildman–Crippen LogP) is 4.58. The number of benzene rings is 3. The highest BCUT2D eigenvalue weighted by atomic mass is 16.3. The van der Waals surface area contributed by atoms with Crippen LogP contribution in [0.5, 0.6) is 5.75 Å². The average Bonchev–Trinajstić information content (AvgIpc) is 3.00. The van der Waals surface area contributed by atoms with Crippen LogP contribution >= 0.6 is 0 Å². The summed E-state index contributed by atoms with van der Waals surface area (Å²) in [7, 11) is 0. The van der Waals surface area contributed by atoms with Crippen molar-refractivity contribution in [3.63, 3.8) is 0 Å². The van der Waals surface area contributed by atoms with Gasteiger partial charge in [-0.25, -0.2) is 0 Å². The minimum atomic E-state index is -0.364. The molecule has 1 N–H and O–H groups in total. The van der Waals surface area contributed by atoms with Crippen molar-refractivity contribution in [2.45, 2.75) is 25.7 Å². The first-order valence-corrected chi connectivity index (χ1v) is 9.54. The van der Waals surface area contributed by atoms with Gasteiger partial charge in [-0.05, 0) is 24.1 Å². The molecule has 0 bridgehead atoms. The molecule has 0 unspecified atom stereocenters. The van der Waals surface area contributed by atoms with E-state index < -0.39 is 0 Å². The lowest BCUT2D eigenvalue weighted by Gasteiger charge is -2.42. The van der Waals surface area contributed by atoms with Crippen LogP contribution in [-0.4, -0.2) is 28.0 Å². The smallest absolute Gasteiger partial charge is 0.121 e. The van der Waals surface area contributed by atoms with Crippen LogP contribution in [0.3, 0.4) is 0 Å². The molecule has 0 aromatic heterocycles. The van der Waals surface area contributed by atoms with Gasteiger partial charge in [0.1, 0.15) is 11.4 Å². The molecule has 4 rings (SSSR count).